The van der Waals surface area contributed by atoms with Gasteiger partial charge in [-0.25, -0.2) is 0 Å². The average Bonchev–Trinajstić information content (AvgIpc) is 2.95. The SMILES string of the molecule is CC(=O)N1CCOCC1C(=O)N(C)Cc1cc(C(C)(C)C)n[nH]1. The van der Waals surface area contributed by atoms with E-state index in [0.29, 0.717) is 19.7 Å². The molecule has 7 heteroatoms. The van der Waals surface area contributed by atoms with Crippen LogP contribution >= 0.6 is 0 Å². The number of hydrogen-bond donors (Lipinski definition) is 1. The lowest BCUT2D eigenvalue weighted by molar-refractivity contribution is -0.152. The Labute approximate surface area is 137 Å². The van der Waals surface area contributed by atoms with Gasteiger partial charge in [-0.3, -0.25) is 14.7 Å². The van der Waals surface area contributed by atoms with E-state index < -0.39 is 6.04 Å². The molecule has 0 aliphatic carbocycles. The molecule has 1 aromatic rings. The minimum atomic E-state index is -0.545. The summed E-state index contributed by atoms with van der Waals surface area (Å²) in [5, 5.41) is 7.28. The topological polar surface area (TPSA) is 78.5 Å². The first-order chi connectivity index (χ1) is 10.7. The highest BCUT2D eigenvalue weighted by atomic mass is 16.5. The van der Waals surface area contributed by atoms with Crippen LogP contribution in [0, 0.1) is 0 Å². The molecule has 0 bridgehead atoms. The smallest absolute Gasteiger partial charge is 0.247 e. The van der Waals surface area contributed by atoms with Gasteiger partial charge in [0.05, 0.1) is 31.1 Å². The molecule has 2 rings (SSSR count). The zero-order chi connectivity index (χ0) is 17.2. The number of amides is 2. The molecule has 2 amide bonds. The summed E-state index contributed by atoms with van der Waals surface area (Å²) in [6, 6.07) is 1.43. The van der Waals surface area contributed by atoms with Crippen LogP contribution in [-0.2, 0) is 26.3 Å². The number of carbonyl (C=O) groups excluding carboxylic acids is 2. The van der Waals surface area contributed by atoms with Crippen LogP contribution in [0.5, 0.6) is 0 Å². The molecule has 128 valence electrons. The molecule has 23 heavy (non-hydrogen) atoms. The number of ether oxygens (including phenoxy) is 1. The number of likely N-dealkylation sites (N-methyl/N-ethyl adjacent to an activating group) is 1. The van der Waals surface area contributed by atoms with Crippen LogP contribution in [0.15, 0.2) is 6.07 Å². The van der Waals surface area contributed by atoms with Gasteiger partial charge in [-0.2, -0.15) is 5.10 Å². The number of rotatable bonds is 3. The van der Waals surface area contributed by atoms with Gasteiger partial charge in [0.15, 0.2) is 0 Å². The van der Waals surface area contributed by atoms with Gasteiger partial charge in [0.1, 0.15) is 6.04 Å². The molecular weight excluding hydrogens is 296 g/mol. The van der Waals surface area contributed by atoms with Crippen molar-refractivity contribution >= 4 is 11.8 Å². The van der Waals surface area contributed by atoms with Crippen molar-refractivity contribution in [1.82, 2.24) is 20.0 Å². The number of nitrogens with one attached hydrogen (secondary N) is 1. The highest BCUT2D eigenvalue weighted by Gasteiger charge is 2.33. The van der Waals surface area contributed by atoms with Crippen molar-refractivity contribution in [3.63, 3.8) is 0 Å². The van der Waals surface area contributed by atoms with Crippen LogP contribution in [0.1, 0.15) is 39.1 Å². The summed E-state index contributed by atoms with van der Waals surface area (Å²) in [5.41, 5.74) is 1.79. The molecular formula is C16H26N4O3. The fourth-order valence-electron chi connectivity index (χ4n) is 2.60. The number of morpholine rings is 1. The Morgan fingerprint density at radius 1 is 1.48 bits per heavy atom. The largest absolute Gasteiger partial charge is 0.377 e. The molecule has 1 N–H and O–H groups in total. The molecule has 7 nitrogen and oxygen atoms in total. The Morgan fingerprint density at radius 2 is 2.17 bits per heavy atom. The van der Waals surface area contributed by atoms with E-state index in [1.807, 2.05) is 6.07 Å². The third-order valence-electron chi connectivity index (χ3n) is 4.00. The first-order valence-electron chi connectivity index (χ1n) is 7.85. The molecule has 1 unspecified atom stereocenters. The van der Waals surface area contributed by atoms with E-state index in [1.54, 1.807) is 16.8 Å². The Hall–Kier alpha value is -1.89. The van der Waals surface area contributed by atoms with E-state index in [4.69, 9.17) is 4.74 Å². The van der Waals surface area contributed by atoms with Crippen molar-refractivity contribution in [1.29, 1.82) is 0 Å². The Morgan fingerprint density at radius 3 is 2.74 bits per heavy atom. The van der Waals surface area contributed by atoms with E-state index in [0.717, 1.165) is 11.4 Å². The second kappa shape index (κ2) is 6.70. The van der Waals surface area contributed by atoms with Crippen LogP contribution in [0.25, 0.3) is 0 Å². The zero-order valence-electron chi connectivity index (χ0n) is 14.5. The van der Waals surface area contributed by atoms with E-state index in [1.165, 1.54) is 6.92 Å². The molecule has 0 saturated carbocycles. The zero-order valence-corrected chi connectivity index (χ0v) is 14.5. The molecule has 0 aromatic carbocycles. The minimum Gasteiger partial charge on any atom is -0.377 e. The number of hydrogen-bond acceptors (Lipinski definition) is 4. The number of aromatic nitrogens is 2. The van der Waals surface area contributed by atoms with E-state index in [2.05, 4.69) is 31.0 Å². The Kier molecular flexibility index (Phi) is 5.09. The van der Waals surface area contributed by atoms with Crippen LogP contribution in [0.2, 0.25) is 0 Å². The fourth-order valence-corrected chi connectivity index (χ4v) is 2.60. The number of aromatic amines is 1. The fraction of sp³-hybridized carbons (Fsp3) is 0.688. The maximum atomic E-state index is 12.6. The van der Waals surface area contributed by atoms with Gasteiger partial charge in [-0.1, -0.05) is 20.8 Å². The number of H-pyrrole nitrogens is 1. The van der Waals surface area contributed by atoms with Gasteiger partial charge in [0.2, 0.25) is 11.8 Å². The molecule has 0 spiro atoms. The first-order valence-corrected chi connectivity index (χ1v) is 7.85. The maximum Gasteiger partial charge on any atom is 0.247 e. The summed E-state index contributed by atoms with van der Waals surface area (Å²) in [4.78, 5) is 27.5. The van der Waals surface area contributed by atoms with Gasteiger partial charge in [-0.05, 0) is 6.07 Å². The summed E-state index contributed by atoms with van der Waals surface area (Å²) in [7, 11) is 1.73. The highest BCUT2D eigenvalue weighted by molar-refractivity contribution is 5.87. The lowest BCUT2D eigenvalue weighted by Crippen LogP contribution is -2.55. The predicted molar refractivity (Wildman–Crippen MR) is 85.8 cm³/mol. The predicted octanol–water partition coefficient (Wildman–Crippen LogP) is 0.913. The van der Waals surface area contributed by atoms with Crippen LogP contribution in [0.4, 0.5) is 0 Å². The summed E-state index contributed by atoms with van der Waals surface area (Å²) in [5.74, 6) is -0.219. The van der Waals surface area contributed by atoms with Gasteiger partial charge < -0.3 is 14.5 Å². The maximum absolute atomic E-state index is 12.6. The second-order valence-electron chi connectivity index (χ2n) is 7.03. The molecule has 1 aliphatic heterocycles. The molecule has 0 radical (unpaired) electrons. The molecule has 1 aliphatic rings. The first kappa shape index (κ1) is 17.5. The second-order valence-corrected chi connectivity index (χ2v) is 7.03. The van der Waals surface area contributed by atoms with Gasteiger partial charge >= 0.3 is 0 Å². The van der Waals surface area contributed by atoms with Crippen molar-refractivity contribution in [2.24, 2.45) is 0 Å². The molecule has 1 fully saturated rings. The summed E-state index contributed by atoms with van der Waals surface area (Å²) in [6.07, 6.45) is 0. The van der Waals surface area contributed by atoms with Crippen molar-refractivity contribution in [2.75, 3.05) is 26.8 Å². The van der Waals surface area contributed by atoms with Gasteiger partial charge in [0, 0.05) is 25.9 Å². The third-order valence-corrected chi connectivity index (χ3v) is 4.00. The summed E-state index contributed by atoms with van der Waals surface area (Å²) in [6.45, 7) is 9.35. The van der Waals surface area contributed by atoms with Crippen LogP contribution < -0.4 is 0 Å². The third kappa shape index (κ3) is 4.10. The Bertz CT molecular complexity index is 576. The molecule has 1 atom stereocenters. The summed E-state index contributed by atoms with van der Waals surface area (Å²) >= 11 is 0. The highest BCUT2D eigenvalue weighted by Crippen LogP contribution is 2.21. The number of nitrogens with zero attached hydrogens (tertiary/aromatic N) is 3. The Balaban J connectivity index is 2.04. The lowest BCUT2D eigenvalue weighted by atomic mass is 9.92. The number of carbonyl (C=O) groups is 2. The monoisotopic (exact) mass is 322 g/mol. The molecule has 1 aromatic heterocycles. The van der Waals surface area contributed by atoms with Crippen LogP contribution in [0.3, 0.4) is 0 Å². The normalized spacial score (nSPS) is 18.8. The van der Waals surface area contributed by atoms with Crippen LogP contribution in [-0.4, -0.2) is 64.7 Å². The van der Waals surface area contributed by atoms with E-state index >= 15 is 0 Å². The quantitative estimate of drug-likeness (QED) is 0.897. The lowest BCUT2D eigenvalue weighted by Gasteiger charge is -2.35. The van der Waals surface area contributed by atoms with Gasteiger partial charge in [0.25, 0.3) is 0 Å². The van der Waals surface area contributed by atoms with Crippen molar-refractivity contribution in [3.05, 3.63) is 17.5 Å². The van der Waals surface area contributed by atoms with E-state index in [-0.39, 0.29) is 23.8 Å². The van der Waals surface area contributed by atoms with E-state index in [9.17, 15) is 9.59 Å². The summed E-state index contributed by atoms with van der Waals surface area (Å²) < 4.78 is 5.37. The average molecular weight is 322 g/mol. The molecule has 2 heterocycles. The molecule has 1 saturated heterocycles. The minimum absolute atomic E-state index is 0.0417. The van der Waals surface area contributed by atoms with Crippen molar-refractivity contribution in [3.8, 4) is 0 Å². The van der Waals surface area contributed by atoms with Crippen molar-refractivity contribution < 1.29 is 14.3 Å². The van der Waals surface area contributed by atoms with Gasteiger partial charge in [-0.15, -0.1) is 0 Å². The van der Waals surface area contributed by atoms with Crippen molar-refractivity contribution in [2.45, 2.75) is 45.7 Å². The standard InChI is InChI=1S/C16H26N4O3/c1-11(21)20-6-7-23-10-13(20)15(22)19(5)9-12-8-14(18-17-12)16(2,3)4/h8,13H,6-7,9-10H2,1-5H3,(H,17,18).